The highest BCUT2D eigenvalue weighted by atomic mass is 16.5. The minimum atomic E-state index is -0.174. The number of hydrogen-bond donors (Lipinski definition) is 2. The van der Waals surface area contributed by atoms with Crippen molar-refractivity contribution in [1.82, 2.24) is 10.3 Å². The molecular formula is C15H19N3O3. The number of anilines is 1. The largest absolute Gasteiger partial charge is 0.481 e. The van der Waals surface area contributed by atoms with E-state index in [1.54, 1.807) is 25.4 Å². The number of ether oxygens (including phenoxy) is 2. The van der Waals surface area contributed by atoms with Crippen molar-refractivity contribution in [3.05, 3.63) is 30.5 Å². The monoisotopic (exact) mass is 289 g/mol. The number of rotatable bonds is 7. The molecule has 0 aliphatic carbocycles. The molecule has 112 valence electrons. The highest BCUT2D eigenvalue weighted by Crippen LogP contribution is 2.27. The molecule has 0 atom stereocenters. The maximum absolute atomic E-state index is 11.7. The summed E-state index contributed by atoms with van der Waals surface area (Å²) >= 11 is 0. The molecule has 6 nitrogen and oxygen atoms in total. The first-order chi connectivity index (χ1) is 10.2. The molecule has 1 aromatic heterocycles. The summed E-state index contributed by atoms with van der Waals surface area (Å²) in [4.78, 5) is 15.9. The molecule has 21 heavy (non-hydrogen) atoms. The van der Waals surface area contributed by atoms with E-state index in [-0.39, 0.29) is 12.5 Å². The number of hydrogen-bond acceptors (Lipinski definition) is 5. The number of nitrogens with zero attached hydrogens (tertiary/aromatic N) is 1. The zero-order chi connectivity index (χ0) is 15.1. The summed E-state index contributed by atoms with van der Waals surface area (Å²) in [6, 6.07) is 7.15. The third-order valence-electron chi connectivity index (χ3n) is 2.97. The first-order valence-electron chi connectivity index (χ1n) is 6.74. The number of pyridine rings is 1. The molecule has 0 aliphatic heterocycles. The van der Waals surface area contributed by atoms with E-state index in [1.807, 2.05) is 12.1 Å². The minimum Gasteiger partial charge on any atom is -0.481 e. The van der Waals surface area contributed by atoms with Crippen molar-refractivity contribution in [3.8, 4) is 5.75 Å². The highest BCUT2D eigenvalue weighted by molar-refractivity contribution is 5.94. The third-order valence-corrected chi connectivity index (χ3v) is 2.97. The zero-order valence-corrected chi connectivity index (χ0v) is 12.0. The van der Waals surface area contributed by atoms with Crippen LogP contribution in [-0.4, -0.2) is 37.8 Å². The number of amides is 1. The molecule has 1 heterocycles. The molecule has 0 unspecified atom stereocenters. The number of nitrogen functional groups attached to an aromatic ring is 1. The lowest BCUT2D eigenvalue weighted by Gasteiger charge is -2.10. The Morgan fingerprint density at radius 3 is 3.05 bits per heavy atom. The Balaban J connectivity index is 1.95. The normalized spacial score (nSPS) is 10.5. The van der Waals surface area contributed by atoms with Crippen LogP contribution in [0.3, 0.4) is 0 Å². The van der Waals surface area contributed by atoms with Gasteiger partial charge in [-0.1, -0.05) is 0 Å². The van der Waals surface area contributed by atoms with Crippen LogP contribution in [0.15, 0.2) is 30.5 Å². The van der Waals surface area contributed by atoms with Gasteiger partial charge in [0.1, 0.15) is 11.3 Å². The lowest BCUT2D eigenvalue weighted by atomic mass is 10.2. The predicted octanol–water partition coefficient (Wildman–Crippen LogP) is 1.35. The second kappa shape index (κ2) is 7.44. The van der Waals surface area contributed by atoms with Gasteiger partial charge in [0.15, 0.2) is 6.61 Å². The first kappa shape index (κ1) is 15.1. The van der Waals surface area contributed by atoms with Gasteiger partial charge in [-0.3, -0.25) is 9.78 Å². The molecule has 0 fully saturated rings. The number of nitrogens with two attached hydrogens (primary N) is 1. The molecule has 6 heteroatoms. The van der Waals surface area contributed by atoms with Crippen molar-refractivity contribution in [2.45, 2.75) is 6.42 Å². The SMILES string of the molecule is COCCCNC(=O)COc1ccc(N)c2cccnc12. The topological polar surface area (TPSA) is 86.5 Å². The fourth-order valence-corrected chi connectivity index (χ4v) is 1.92. The van der Waals surface area contributed by atoms with Crippen LogP contribution in [0.4, 0.5) is 5.69 Å². The third kappa shape index (κ3) is 4.06. The zero-order valence-electron chi connectivity index (χ0n) is 12.0. The Morgan fingerprint density at radius 1 is 1.38 bits per heavy atom. The van der Waals surface area contributed by atoms with E-state index in [9.17, 15) is 4.79 Å². The lowest BCUT2D eigenvalue weighted by molar-refractivity contribution is -0.123. The molecule has 3 N–H and O–H groups in total. The van der Waals surface area contributed by atoms with Gasteiger partial charge in [0.25, 0.3) is 5.91 Å². The van der Waals surface area contributed by atoms with Crippen molar-refractivity contribution in [2.75, 3.05) is 32.6 Å². The fourth-order valence-electron chi connectivity index (χ4n) is 1.92. The Bertz CT molecular complexity index is 616. The van der Waals surface area contributed by atoms with Gasteiger partial charge in [-0.25, -0.2) is 0 Å². The van der Waals surface area contributed by atoms with Crippen LogP contribution in [0, 0.1) is 0 Å². The van der Waals surface area contributed by atoms with Gasteiger partial charge in [-0.15, -0.1) is 0 Å². The Morgan fingerprint density at radius 2 is 2.24 bits per heavy atom. The lowest BCUT2D eigenvalue weighted by Crippen LogP contribution is -2.30. The van der Waals surface area contributed by atoms with Gasteiger partial charge in [0, 0.05) is 37.5 Å². The fraction of sp³-hybridized carbons (Fsp3) is 0.333. The van der Waals surface area contributed by atoms with Crippen LogP contribution >= 0.6 is 0 Å². The Kier molecular flexibility index (Phi) is 5.34. The van der Waals surface area contributed by atoms with Crippen molar-refractivity contribution in [2.24, 2.45) is 0 Å². The first-order valence-corrected chi connectivity index (χ1v) is 6.74. The number of nitrogens with one attached hydrogen (secondary N) is 1. The molecule has 2 aromatic rings. The number of methoxy groups -OCH3 is 1. The molecule has 0 bridgehead atoms. The predicted molar refractivity (Wildman–Crippen MR) is 81.2 cm³/mol. The average molecular weight is 289 g/mol. The van der Waals surface area contributed by atoms with Gasteiger partial charge in [-0.05, 0) is 30.7 Å². The van der Waals surface area contributed by atoms with E-state index in [0.717, 1.165) is 11.8 Å². The van der Waals surface area contributed by atoms with Gasteiger partial charge in [0.2, 0.25) is 0 Å². The molecule has 0 saturated heterocycles. The van der Waals surface area contributed by atoms with Gasteiger partial charge >= 0.3 is 0 Å². The average Bonchev–Trinajstić information content (AvgIpc) is 2.51. The van der Waals surface area contributed by atoms with Crippen molar-refractivity contribution in [3.63, 3.8) is 0 Å². The molecular weight excluding hydrogens is 270 g/mol. The molecule has 1 amide bonds. The summed E-state index contributed by atoms with van der Waals surface area (Å²) in [5, 5.41) is 3.57. The van der Waals surface area contributed by atoms with Crippen LogP contribution in [0.1, 0.15) is 6.42 Å². The minimum absolute atomic E-state index is 0.0530. The Labute approximate surface area is 123 Å². The van der Waals surface area contributed by atoms with E-state index in [2.05, 4.69) is 10.3 Å². The molecule has 2 rings (SSSR count). The molecule has 0 spiro atoms. The van der Waals surface area contributed by atoms with Crippen LogP contribution in [0.25, 0.3) is 10.9 Å². The van der Waals surface area contributed by atoms with Crippen LogP contribution in [0.5, 0.6) is 5.75 Å². The maximum Gasteiger partial charge on any atom is 0.257 e. The van der Waals surface area contributed by atoms with E-state index in [4.69, 9.17) is 15.2 Å². The van der Waals surface area contributed by atoms with Gasteiger partial charge < -0.3 is 20.5 Å². The summed E-state index contributed by atoms with van der Waals surface area (Å²) in [6.45, 7) is 1.13. The number of fused-ring (bicyclic) bond motifs is 1. The summed E-state index contributed by atoms with van der Waals surface area (Å²) < 4.78 is 10.4. The Hall–Kier alpha value is -2.34. The summed E-state index contributed by atoms with van der Waals surface area (Å²) in [7, 11) is 1.63. The van der Waals surface area contributed by atoms with E-state index in [0.29, 0.717) is 30.1 Å². The molecule has 0 aliphatic rings. The van der Waals surface area contributed by atoms with E-state index < -0.39 is 0 Å². The van der Waals surface area contributed by atoms with Crippen molar-refractivity contribution < 1.29 is 14.3 Å². The highest BCUT2D eigenvalue weighted by Gasteiger charge is 2.08. The molecule has 1 aromatic carbocycles. The van der Waals surface area contributed by atoms with Crippen LogP contribution in [0.2, 0.25) is 0 Å². The van der Waals surface area contributed by atoms with Crippen molar-refractivity contribution in [1.29, 1.82) is 0 Å². The van der Waals surface area contributed by atoms with E-state index >= 15 is 0 Å². The van der Waals surface area contributed by atoms with Gasteiger partial charge in [-0.2, -0.15) is 0 Å². The van der Waals surface area contributed by atoms with E-state index in [1.165, 1.54) is 0 Å². The molecule has 0 saturated carbocycles. The van der Waals surface area contributed by atoms with Gasteiger partial charge in [0.05, 0.1) is 0 Å². The number of benzene rings is 1. The standard InChI is InChI=1S/C15H19N3O3/c1-20-9-3-8-17-14(19)10-21-13-6-5-12(16)11-4-2-7-18-15(11)13/h2,4-7H,3,8-10,16H2,1H3,(H,17,19). The smallest absolute Gasteiger partial charge is 0.257 e. The summed E-state index contributed by atoms with van der Waals surface area (Å²) in [5.41, 5.74) is 7.18. The quantitative estimate of drug-likeness (QED) is 0.593. The number of aromatic nitrogens is 1. The maximum atomic E-state index is 11.7. The summed E-state index contributed by atoms with van der Waals surface area (Å²) in [6.07, 6.45) is 2.44. The number of carbonyl (C=O) groups excluding carboxylic acids is 1. The second-order valence-electron chi connectivity index (χ2n) is 4.54. The number of carbonyl (C=O) groups is 1. The summed E-state index contributed by atoms with van der Waals surface area (Å²) in [5.74, 6) is 0.374. The second-order valence-corrected chi connectivity index (χ2v) is 4.54. The van der Waals surface area contributed by atoms with Crippen LogP contribution in [-0.2, 0) is 9.53 Å². The van der Waals surface area contributed by atoms with Crippen molar-refractivity contribution >= 4 is 22.5 Å². The van der Waals surface area contributed by atoms with Crippen LogP contribution < -0.4 is 15.8 Å². The molecule has 0 radical (unpaired) electrons.